The Bertz CT molecular complexity index is 710. The number of ether oxygens (including phenoxy) is 2. The van der Waals surface area contributed by atoms with Crippen molar-refractivity contribution >= 4 is 11.8 Å². The topological polar surface area (TPSA) is 102 Å². The van der Waals surface area contributed by atoms with Gasteiger partial charge in [0.1, 0.15) is 17.5 Å². The van der Waals surface area contributed by atoms with Gasteiger partial charge in [0.25, 0.3) is 0 Å². The van der Waals surface area contributed by atoms with E-state index < -0.39 is 11.7 Å². The number of nitrogens with one attached hydrogen (secondary N) is 2. The van der Waals surface area contributed by atoms with E-state index in [1.165, 1.54) is 0 Å². The fourth-order valence-electron chi connectivity index (χ4n) is 2.56. The smallest absolute Gasteiger partial charge is 0.412 e. The maximum atomic E-state index is 11.8. The number of amides is 1. The van der Waals surface area contributed by atoms with E-state index in [2.05, 4.69) is 25.9 Å². The molecule has 1 amide bonds. The average molecular weight is 347 g/mol. The first-order chi connectivity index (χ1) is 11.4. The molecule has 3 rings (SSSR count). The second-order valence-electron chi connectivity index (χ2n) is 6.76. The monoisotopic (exact) mass is 347 g/mol. The van der Waals surface area contributed by atoms with Crippen LogP contribution in [0.25, 0.3) is 0 Å². The summed E-state index contributed by atoms with van der Waals surface area (Å²) in [5, 5.41) is 16.6. The Hall–Kier alpha value is -2.64. The number of anilines is 1. The zero-order chi connectivity index (χ0) is 17.2. The lowest BCUT2D eigenvalue weighted by atomic mass is 10.00. The number of aromatic nitrogens is 4. The minimum absolute atomic E-state index is 0. The lowest BCUT2D eigenvalue weighted by Gasteiger charge is -2.26. The molecule has 0 spiro atoms. The van der Waals surface area contributed by atoms with Crippen LogP contribution in [0.5, 0.6) is 5.75 Å². The van der Waals surface area contributed by atoms with Crippen molar-refractivity contribution in [2.75, 3.05) is 5.32 Å². The minimum atomic E-state index is -0.524. The van der Waals surface area contributed by atoms with Crippen LogP contribution in [0.15, 0.2) is 18.2 Å². The first kappa shape index (κ1) is 18.7. The Kier molecular flexibility index (Phi) is 5.61. The molecule has 2 heterocycles. The number of aromatic amines is 1. The van der Waals surface area contributed by atoms with E-state index in [9.17, 15) is 4.79 Å². The molecular formula is C17H25N5O3. The Morgan fingerprint density at radius 2 is 2.24 bits per heavy atom. The van der Waals surface area contributed by atoms with Crippen molar-refractivity contribution in [3.05, 3.63) is 29.6 Å². The normalized spacial score (nSPS) is 16.2. The molecule has 136 valence electrons. The number of carbonyl (C=O) groups is 1. The van der Waals surface area contributed by atoms with Crippen LogP contribution in [0.4, 0.5) is 10.5 Å². The number of rotatable bonds is 3. The molecule has 1 atom stereocenters. The predicted molar refractivity (Wildman–Crippen MR) is 93.6 cm³/mol. The van der Waals surface area contributed by atoms with Gasteiger partial charge >= 0.3 is 6.09 Å². The van der Waals surface area contributed by atoms with Gasteiger partial charge in [-0.3, -0.25) is 5.32 Å². The predicted octanol–water partition coefficient (Wildman–Crippen LogP) is 3.12. The molecule has 2 aromatic rings. The molecule has 0 aliphatic carbocycles. The average Bonchev–Trinajstić information content (AvgIpc) is 2.98. The summed E-state index contributed by atoms with van der Waals surface area (Å²) in [4.78, 5) is 11.8. The van der Waals surface area contributed by atoms with Crippen molar-refractivity contribution in [2.24, 2.45) is 0 Å². The van der Waals surface area contributed by atoms with Crippen molar-refractivity contribution in [1.29, 1.82) is 0 Å². The first-order valence-electron chi connectivity index (χ1n) is 7.91. The van der Waals surface area contributed by atoms with Gasteiger partial charge in [0.2, 0.25) is 0 Å². The minimum Gasteiger partial charge on any atom is -0.490 e. The zero-order valence-corrected chi connectivity index (χ0v) is 14.0. The van der Waals surface area contributed by atoms with Gasteiger partial charge in [0, 0.05) is 12.1 Å². The molecule has 1 aromatic heterocycles. The lowest BCUT2D eigenvalue weighted by Crippen LogP contribution is -2.27. The van der Waals surface area contributed by atoms with E-state index in [4.69, 9.17) is 9.47 Å². The summed E-state index contributed by atoms with van der Waals surface area (Å²) in [5.41, 5.74) is 1.24. The van der Waals surface area contributed by atoms with Gasteiger partial charge in [0.05, 0.1) is 0 Å². The number of hydrogen-bond donors (Lipinski definition) is 2. The number of H-pyrrole nitrogens is 1. The van der Waals surface area contributed by atoms with Gasteiger partial charge in [-0.2, -0.15) is 5.21 Å². The molecule has 1 unspecified atom stereocenters. The third-order valence-electron chi connectivity index (χ3n) is 3.53. The van der Waals surface area contributed by atoms with Crippen LogP contribution < -0.4 is 10.1 Å². The molecule has 8 nitrogen and oxygen atoms in total. The maximum absolute atomic E-state index is 11.8. The summed E-state index contributed by atoms with van der Waals surface area (Å²) in [6, 6.07) is 5.59. The highest BCUT2D eigenvalue weighted by Gasteiger charge is 2.22. The van der Waals surface area contributed by atoms with Gasteiger partial charge in [-0.1, -0.05) is 12.6 Å². The van der Waals surface area contributed by atoms with Crippen LogP contribution in [-0.4, -0.2) is 38.4 Å². The van der Waals surface area contributed by atoms with Crippen LogP contribution in [0.1, 0.15) is 46.0 Å². The molecule has 1 aromatic carbocycles. The van der Waals surface area contributed by atoms with Crippen molar-refractivity contribution in [2.45, 2.75) is 59.2 Å². The highest BCUT2D eigenvalue weighted by Crippen LogP contribution is 2.31. The quantitative estimate of drug-likeness (QED) is 0.884. The van der Waals surface area contributed by atoms with E-state index in [1.807, 2.05) is 32.9 Å². The number of aryl methyl sites for hydroxylation is 1. The Balaban J connectivity index is 0.00000225. The molecule has 0 radical (unpaired) electrons. The van der Waals surface area contributed by atoms with Crippen molar-refractivity contribution in [3.8, 4) is 5.75 Å². The van der Waals surface area contributed by atoms with Gasteiger partial charge in [-0.15, -0.1) is 10.2 Å². The van der Waals surface area contributed by atoms with E-state index in [0.717, 1.165) is 24.2 Å². The molecule has 1 aliphatic heterocycles. The van der Waals surface area contributed by atoms with Crippen LogP contribution in [0.3, 0.4) is 0 Å². The van der Waals surface area contributed by atoms with Crippen molar-refractivity contribution < 1.29 is 14.3 Å². The fourth-order valence-corrected chi connectivity index (χ4v) is 2.56. The van der Waals surface area contributed by atoms with Crippen molar-refractivity contribution in [1.82, 2.24) is 20.6 Å². The third kappa shape index (κ3) is 5.17. The Labute approximate surface area is 147 Å². The number of carbonyl (C=O) groups excluding carboxylic acids is 1. The fraction of sp³-hybridized carbons (Fsp3) is 0.529. The number of tetrazole rings is 1. The summed E-state index contributed by atoms with van der Waals surface area (Å²) in [6.07, 6.45) is 1.90. The zero-order valence-electron chi connectivity index (χ0n) is 14.0. The third-order valence-corrected chi connectivity index (χ3v) is 3.53. The van der Waals surface area contributed by atoms with E-state index >= 15 is 0 Å². The Morgan fingerprint density at radius 1 is 1.44 bits per heavy atom. The summed E-state index contributed by atoms with van der Waals surface area (Å²) < 4.78 is 11.2. The highest BCUT2D eigenvalue weighted by molar-refractivity contribution is 5.85. The Morgan fingerprint density at radius 3 is 2.92 bits per heavy atom. The molecule has 0 saturated heterocycles. The standard InChI is InChI=1S/C16H21N5O3.CH4/c1-16(2,3)24-15(22)17-11-5-7-13-10(8-11)4-6-12(23-13)9-14-18-20-21-19-14;/h5,7-8,12H,4,6,9H2,1-3H3,(H,17,22)(H,18,19,20,21);1H4. The number of hydrogen-bond acceptors (Lipinski definition) is 6. The van der Waals surface area contributed by atoms with Gasteiger partial charge in [-0.05, 0) is 57.4 Å². The van der Waals surface area contributed by atoms with E-state index in [-0.39, 0.29) is 13.5 Å². The molecular weight excluding hydrogens is 322 g/mol. The van der Waals surface area contributed by atoms with Crippen molar-refractivity contribution in [3.63, 3.8) is 0 Å². The molecule has 0 bridgehead atoms. The highest BCUT2D eigenvalue weighted by atomic mass is 16.6. The summed E-state index contributed by atoms with van der Waals surface area (Å²) in [5.74, 6) is 1.47. The molecule has 1 aliphatic rings. The number of fused-ring (bicyclic) bond motifs is 1. The summed E-state index contributed by atoms with van der Waals surface area (Å²) in [7, 11) is 0. The van der Waals surface area contributed by atoms with Crippen LogP contribution in [-0.2, 0) is 17.6 Å². The van der Waals surface area contributed by atoms with Gasteiger partial charge in [-0.25, -0.2) is 4.79 Å². The van der Waals surface area contributed by atoms with Crippen LogP contribution in [0, 0.1) is 0 Å². The molecule has 0 fully saturated rings. The van der Waals surface area contributed by atoms with Gasteiger partial charge < -0.3 is 9.47 Å². The number of benzene rings is 1. The summed E-state index contributed by atoms with van der Waals surface area (Å²) >= 11 is 0. The second kappa shape index (κ2) is 7.50. The van der Waals surface area contributed by atoms with E-state index in [0.29, 0.717) is 17.9 Å². The number of nitrogens with zero attached hydrogens (tertiary/aromatic N) is 3. The molecule has 2 N–H and O–H groups in total. The van der Waals surface area contributed by atoms with Gasteiger partial charge in [0.15, 0.2) is 5.82 Å². The van der Waals surface area contributed by atoms with E-state index in [1.54, 1.807) is 6.07 Å². The molecule has 8 heteroatoms. The SMILES string of the molecule is C.CC(C)(C)OC(=O)Nc1ccc2c(c1)CCC(Cc1nn[nH]n1)O2. The van der Waals surface area contributed by atoms with Crippen LogP contribution >= 0.6 is 0 Å². The molecule has 25 heavy (non-hydrogen) atoms. The second-order valence-corrected chi connectivity index (χ2v) is 6.76. The molecule has 0 saturated carbocycles. The largest absolute Gasteiger partial charge is 0.490 e. The summed E-state index contributed by atoms with van der Waals surface area (Å²) in [6.45, 7) is 5.49. The lowest BCUT2D eigenvalue weighted by molar-refractivity contribution is 0.0636. The maximum Gasteiger partial charge on any atom is 0.412 e. The van der Waals surface area contributed by atoms with Crippen LogP contribution in [0.2, 0.25) is 0 Å². The first-order valence-corrected chi connectivity index (χ1v) is 7.91.